The van der Waals surface area contributed by atoms with Gasteiger partial charge < -0.3 is 15.7 Å². The third-order valence-corrected chi connectivity index (χ3v) is 6.37. The summed E-state index contributed by atoms with van der Waals surface area (Å²) in [5, 5.41) is 18.7. The minimum absolute atomic E-state index is 0.0925. The van der Waals surface area contributed by atoms with Crippen LogP contribution in [0.1, 0.15) is 52.0 Å². The van der Waals surface area contributed by atoms with Gasteiger partial charge in [0.15, 0.2) is 0 Å². The average molecular weight is 414 g/mol. The monoisotopic (exact) mass is 414 g/mol. The summed E-state index contributed by atoms with van der Waals surface area (Å²) in [6, 6.07) is 4.14. The van der Waals surface area contributed by atoms with E-state index >= 15 is 0 Å². The first-order chi connectivity index (χ1) is 14.5. The minimum Gasteiger partial charge on any atom is -0.396 e. The van der Waals surface area contributed by atoms with Crippen LogP contribution in [0.5, 0.6) is 0 Å². The van der Waals surface area contributed by atoms with E-state index in [4.69, 9.17) is 0 Å². The summed E-state index contributed by atoms with van der Waals surface area (Å²) in [5.74, 6) is -2.01. The second-order valence-corrected chi connectivity index (χ2v) is 8.30. The molecule has 0 aromatic heterocycles. The molecule has 3 aliphatic heterocycles. The van der Waals surface area contributed by atoms with E-state index in [1.807, 2.05) is 0 Å². The van der Waals surface area contributed by atoms with Gasteiger partial charge in [-0.1, -0.05) is 12.1 Å². The standard InChI is InChI=1S/C21H26N4O5/c26-12-21(6-8-22-9-7-21)11-23-10-13-2-1-3-14-17(13)20(30)25(19(14)29)15-4-5-16(27)24-18(15)28/h1-3,15,22-23,26H,4-12H2,(H,24,27,28). The number of aliphatic hydroxyl groups is 1. The highest BCUT2D eigenvalue weighted by molar-refractivity contribution is 6.24. The average Bonchev–Trinajstić information content (AvgIpc) is 3.00. The number of carbonyl (C=O) groups excluding carboxylic acids is 4. The first-order valence-electron chi connectivity index (χ1n) is 10.3. The van der Waals surface area contributed by atoms with Crippen LogP contribution in [0.15, 0.2) is 18.2 Å². The molecule has 0 spiro atoms. The summed E-state index contributed by atoms with van der Waals surface area (Å²) in [6.45, 7) is 2.79. The smallest absolute Gasteiger partial charge is 0.262 e. The molecule has 9 heteroatoms. The fourth-order valence-corrected chi connectivity index (χ4v) is 4.54. The van der Waals surface area contributed by atoms with Gasteiger partial charge in [-0.25, -0.2) is 0 Å². The van der Waals surface area contributed by atoms with Crippen LogP contribution >= 0.6 is 0 Å². The Morgan fingerprint density at radius 2 is 1.90 bits per heavy atom. The van der Waals surface area contributed by atoms with Gasteiger partial charge in [0.05, 0.1) is 17.7 Å². The van der Waals surface area contributed by atoms with Gasteiger partial charge in [0.1, 0.15) is 6.04 Å². The van der Waals surface area contributed by atoms with Crippen molar-refractivity contribution >= 4 is 23.6 Å². The zero-order chi connectivity index (χ0) is 21.3. The fourth-order valence-electron chi connectivity index (χ4n) is 4.54. The quantitative estimate of drug-likeness (QED) is 0.464. The van der Waals surface area contributed by atoms with Crippen molar-refractivity contribution in [1.82, 2.24) is 20.9 Å². The first-order valence-corrected chi connectivity index (χ1v) is 10.3. The highest BCUT2D eigenvalue weighted by Gasteiger charge is 2.45. The van der Waals surface area contributed by atoms with Crippen molar-refractivity contribution in [3.05, 3.63) is 34.9 Å². The molecule has 2 fully saturated rings. The number of hydrogen-bond donors (Lipinski definition) is 4. The normalized spacial score (nSPS) is 23.5. The number of amides is 4. The van der Waals surface area contributed by atoms with E-state index in [0.717, 1.165) is 30.8 Å². The van der Waals surface area contributed by atoms with Crippen molar-refractivity contribution < 1.29 is 24.3 Å². The Hall–Kier alpha value is -2.62. The summed E-state index contributed by atoms with van der Waals surface area (Å²) in [5.41, 5.74) is 1.08. The van der Waals surface area contributed by atoms with Crippen LogP contribution in [0.2, 0.25) is 0 Å². The van der Waals surface area contributed by atoms with E-state index in [-0.39, 0.29) is 30.4 Å². The van der Waals surface area contributed by atoms with Gasteiger partial charge in [0.2, 0.25) is 11.8 Å². The number of nitrogens with zero attached hydrogens (tertiary/aromatic N) is 1. The maximum absolute atomic E-state index is 13.1. The molecule has 0 radical (unpaired) electrons. The summed E-state index contributed by atoms with van der Waals surface area (Å²) >= 11 is 0. The molecular formula is C21H26N4O5. The van der Waals surface area contributed by atoms with Crippen LogP contribution in [0.3, 0.4) is 0 Å². The summed E-state index contributed by atoms with van der Waals surface area (Å²) in [7, 11) is 0. The molecule has 3 heterocycles. The molecule has 0 saturated carbocycles. The molecule has 4 rings (SSSR count). The molecule has 1 unspecified atom stereocenters. The van der Waals surface area contributed by atoms with Gasteiger partial charge in [0, 0.05) is 24.9 Å². The van der Waals surface area contributed by atoms with E-state index in [1.54, 1.807) is 18.2 Å². The Kier molecular flexibility index (Phi) is 5.68. The van der Waals surface area contributed by atoms with Gasteiger partial charge in [0.25, 0.3) is 11.8 Å². The molecule has 0 aliphatic carbocycles. The molecule has 1 aromatic carbocycles. The number of benzene rings is 1. The molecule has 0 bridgehead atoms. The molecule has 4 N–H and O–H groups in total. The zero-order valence-corrected chi connectivity index (χ0v) is 16.7. The van der Waals surface area contributed by atoms with E-state index < -0.39 is 29.7 Å². The van der Waals surface area contributed by atoms with Crippen LogP contribution in [-0.2, 0) is 16.1 Å². The lowest BCUT2D eigenvalue weighted by atomic mass is 9.79. The van der Waals surface area contributed by atoms with Crippen LogP contribution in [-0.4, -0.2) is 65.9 Å². The summed E-state index contributed by atoms with van der Waals surface area (Å²) < 4.78 is 0. The Morgan fingerprint density at radius 1 is 1.13 bits per heavy atom. The topological polar surface area (TPSA) is 128 Å². The third-order valence-electron chi connectivity index (χ3n) is 6.37. The lowest BCUT2D eigenvalue weighted by Gasteiger charge is -2.36. The molecule has 9 nitrogen and oxygen atoms in total. The van der Waals surface area contributed by atoms with Gasteiger partial charge in [-0.05, 0) is 44.0 Å². The van der Waals surface area contributed by atoms with Crippen LogP contribution in [0.4, 0.5) is 0 Å². The highest BCUT2D eigenvalue weighted by atomic mass is 16.3. The van der Waals surface area contributed by atoms with Crippen molar-refractivity contribution in [3.8, 4) is 0 Å². The Balaban J connectivity index is 1.50. The van der Waals surface area contributed by atoms with Crippen molar-refractivity contribution in [2.24, 2.45) is 5.41 Å². The molecule has 1 atom stereocenters. The number of carbonyl (C=O) groups is 4. The Labute approximate surface area is 174 Å². The van der Waals surface area contributed by atoms with E-state index in [9.17, 15) is 24.3 Å². The van der Waals surface area contributed by atoms with E-state index in [0.29, 0.717) is 24.2 Å². The minimum atomic E-state index is -0.969. The number of fused-ring (bicyclic) bond motifs is 1. The third kappa shape index (κ3) is 3.64. The molecule has 160 valence electrons. The van der Waals surface area contributed by atoms with Crippen molar-refractivity contribution in [1.29, 1.82) is 0 Å². The lowest BCUT2D eigenvalue weighted by molar-refractivity contribution is -0.136. The van der Waals surface area contributed by atoms with Gasteiger partial charge in [-0.15, -0.1) is 0 Å². The highest BCUT2D eigenvalue weighted by Crippen LogP contribution is 2.31. The maximum atomic E-state index is 13.1. The molecule has 1 aromatic rings. The second-order valence-electron chi connectivity index (χ2n) is 8.30. The summed E-state index contributed by atoms with van der Waals surface area (Å²) in [4.78, 5) is 50.6. The first kappa shape index (κ1) is 20.6. The Morgan fingerprint density at radius 3 is 2.60 bits per heavy atom. The molecule has 3 aliphatic rings. The number of imide groups is 2. The van der Waals surface area contributed by atoms with Crippen molar-refractivity contribution in [2.75, 3.05) is 26.2 Å². The number of hydrogen-bond acceptors (Lipinski definition) is 7. The molecule has 30 heavy (non-hydrogen) atoms. The van der Waals surface area contributed by atoms with Crippen LogP contribution < -0.4 is 16.0 Å². The second kappa shape index (κ2) is 8.25. The lowest BCUT2D eigenvalue weighted by Crippen LogP contribution is -2.54. The predicted molar refractivity (Wildman–Crippen MR) is 106 cm³/mol. The van der Waals surface area contributed by atoms with Gasteiger partial charge >= 0.3 is 0 Å². The maximum Gasteiger partial charge on any atom is 0.262 e. The van der Waals surface area contributed by atoms with E-state index in [2.05, 4.69) is 16.0 Å². The Bertz CT molecular complexity index is 893. The van der Waals surface area contributed by atoms with Crippen molar-refractivity contribution in [3.63, 3.8) is 0 Å². The van der Waals surface area contributed by atoms with E-state index in [1.165, 1.54) is 0 Å². The predicted octanol–water partition coefficient (Wildman–Crippen LogP) is -0.460. The molecular weight excluding hydrogens is 388 g/mol. The SMILES string of the molecule is O=C1CCC(N2C(=O)c3cccc(CNCC4(CO)CCNCC4)c3C2=O)C(=O)N1. The number of aliphatic hydroxyl groups excluding tert-OH is 1. The summed E-state index contributed by atoms with van der Waals surface area (Å²) in [6.07, 6.45) is 1.96. The van der Waals surface area contributed by atoms with Gasteiger partial charge in [-0.2, -0.15) is 0 Å². The number of piperidine rings is 2. The molecule has 2 saturated heterocycles. The zero-order valence-electron chi connectivity index (χ0n) is 16.7. The fraction of sp³-hybridized carbons (Fsp3) is 0.524. The van der Waals surface area contributed by atoms with Gasteiger partial charge in [-0.3, -0.25) is 29.4 Å². The van der Waals surface area contributed by atoms with Crippen LogP contribution in [0, 0.1) is 5.41 Å². The molecule has 4 amide bonds. The number of rotatable bonds is 6. The largest absolute Gasteiger partial charge is 0.396 e. The van der Waals surface area contributed by atoms with Crippen LogP contribution in [0.25, 0.3) is 0 Å². The number of nitrogens with one attached hydrogen (secondary N) is 3. The van der Waals surface area contributed by atoms with Crippen molar-refractivity contribution in [2.45, 2.75) is 38.3 Å².